The summed E-state index contributed by atoms with van der Waals surface area (Å²) in [6.45, 7) is 3.13. The maximum Gasteiger partial charge on any atom is 0.164 e. The van der Waals surface area contributed by atoms with Crippen molar-refractivity contribution in [2.45, 2.75) is 26.5 Å². The van der Waals surface area contributed by atoms with Gasteiger partial charge in [0.15, 0.2) is 12.1 Å². The van der Waals surface area contributed by atoms with Crippen LogP contribution in [0.4, 0.5) is 0 Å². The molecule has 0 spiro atoms. The highest BCUT2D eigenvalue weighted by Gasteiger charge is 2.08. The molecular weight excluding hydrogens is 258 g/mol. The highest BCUT2D eigenvalue weighted by atomic mass is 16.5. The molecule has 0 aliphatic heterocycles. The van der Waals surface area contributed by atoms with Crippen molar-refractivity contribution in [3.63, 3.8) is 0 Å². The number of aldehydes is 1. The van der Waals surface area contributed by atoms with Crippen molar-refractivity contribution in [2.24, 2.45) is 0 Å². The number of carbonyl (C=O) groups is 1. The van der Waals surface area contributed by atoms with E-state index < -0.39 is 0 Å². The van der Waals surface area contributed by atoms with Gasteiger partial charge in [-0.2, -0.15) is 5.10 Å². The van der Waals surface area contributed by atoms with Crippen LogP contribution in [0.25, 0.3) is 0 Å². The van der Waals surface area contributed by atoms with Crippen LogP contribution in [-0.2, 0) is 13.2 Å². The number of hydrogen-bond donors (Lipinski definition) is 0. The SMILES string of the molecule is CCCn1ncnc1COc1ccc(OC)cc1C=O. The summed E-state index contributed by atoms with van der Waals surface area (Å²) in [5.41, 5.74) is 0.450. The Bertz CT molecular complexity index is 581. The Balaban J connectivity index is 2.10. The molecule has 0 saturated heterocycles. The van der Waals surface area contributed by atoms with Crippen molar-refractivity contribution in [3.05, 3.63) is 35.9 Å². The molecule has 1 heterocycles. The van der Waals surface area contributed by atoms with Gasteiger partial charge in [0.25, 0.3) is 0 Å². The number of benzene rings is 1. The first-order valence-electron chi connectivity index (χ1n) is 6.41. The monoisotopic (exact) mass is 275 g/mol. The largest absolute Gasteiger partial charge is 0.497 e. The number of hydrogen-bond acceptors (Lipinski definition) is 5. The van der Waals surface area contributed by atoms with E-state index in [9.17, 15) is 4.79 Å². The molecule has 2 rings (SSSR count). The lowest BCUT2D eigenvalue weighted by Crippen LogP contribution is -2.09. The highest BCUT2D eigenvalue weighted by molar-refractivity contribution is 5.80. The predicted octanol–water partition coefficient (Wildman–Crippen LogP) is 2.09. The molecule has 0 aliphatic rings. The minimum Gasteiger partial charge on any atom is -0.497 e. The van der Waals surface area contributed by atoms with Gasteiger partial charge >= 0.3 is 0 Å². The molecule has 1 aromatic carbocycles. The van der Waals surface area contributed by atoms with E-state index in [1.54, 1.807) is 30.0 Å². The lowest BCUT2D eigenvalue weighted by molar-refractivity contribution is 0.111. The van der Waals surface area contributed by atoms with Crippen molar-refractivity contribution >= 4 is 6.29 Å². The van der Waals surface area contributed by atoms with Gasteiger partial charge in [0.2, 0.25) is 0 Å². The van der Waals surface area contributed by atoms with Crippen LogP contribution >= 0.6 is 0 Å². The summed E-state index contributed by atoms with van der Waals surface area (Å²) in [4.78, 5) is 15.2. The molecule has 2 aromatic rings. The van der Waals surface area contributed by atoms with Crippen molar-refractivity contribution in [2.75, 3.05) is 7.11 Å². The minimum absolute atomic E-state index is 0.271. The molecule has 0 radical (unpaired) electrons. The topological polar surface area (TPSA) is 66.2 Å². The van der Waals surface area contributed by atoms with Gasteiger partial charge in [-0.1, -0.05) is 6.92 Å². The third-order valence-electron chi connectivity index (χ3n) is 2.83. The molecule has 0 aliphatic carbocycles. The molecular formula is C14H17N3O3. The number of aromatic nitrogens is 3. The Kier molecular flexibility index (Phi) is 4.70. The molecule has 0 bridgehead atoms. The quantitative estimate of drug-likeness (QED) is 0.724. The summed E-state index contributed by atoms with van der Waals surface area (Å²) in [7, 11) is 1.55. The molecule has 106 valence electrons. The second-order valence-corrected chi connectivity index (χ2v) is 4.21. The second kappa shape index (κ2) is 6.70. The summed E-state index contributed by atoms with van der Waals surface area (Å²) >= 11 is 0. The van der Waals surface area contributed by atoms with E-state index in [0.717, 1.165) is 25.1 Å². The van der Waals surface area contributed by atoms with Crippen LogP contribution in [-0.4, -0.2) is 28.2 Å². The number of methoxy groups -OCH3 is 1. The number of carbonyl (C=O) groups excluding carboxylic acids is 1. The fourth-order valence-electron chi connectivity index (χ4n) is 1.82. The fraction of sp³-hybridized carbons (Fsp3) is 0.357. The van der Waals surface area contributed by atoms with E-state index in [-0.39, 0.29) is 6.61 Å². The van der Waals surface area contributed by atoms with E-state index in [4.69, 9.17) is 9.47 Å². The van der Waals surface area contributed by atoms with Crippen LogP contribution in [0, 0.1) is 0 Å². The summed E-state index contributed by atoms with van der Waals surface area (Å²) in [5.74, 6) is 1.86. The maximum atomic E-state index is 11.1. The molecule has 0 atom stereocenters. The van der Waals surface area contributed by atoms with Gasteiger partial charge in [-0.05, 0) is 24.6 Å². The van der Waals surface area contributed by atoms with E-state index in [1.807, 2.05) is 0 Å². The molecule has 1 aromatic heterocycles. The van der Waals surface area contributed by atoms with E-state index in [1.165, 1.54) is 6.33 Å². The van der Waals surface area contributed by atoms with E-state index >= 15 is 0 Å². The van der Waals surface area contributed by atoms with Gasteiger partial charge in [0, 0.05) is 6.54 Å². The molecule has 0 fully saturated rings. The standard InChI is InChI=1S/C14H17N3O3/c1-3-6-17-14(15-10-16-17)9-20-13-5-4-12(19-2)7-11(13)8-18/h4-5,7-8,10H,3,6,9H2,1-2H3. The number of ether oxygens (including phenoxy) is 2. The third-order valence-corrected chi connectivity index (χ3v) is 2.83. The minimum atomic E-state index is 0.271. The van der Waals surface area contributed by atoms with Gasteiger partial charge in [0.05, 0.1) is 12.7 Å². The highest BCUT2D eigenvalue weighted by Crippen LogP contribution is 2.23. The van der Waals surface area contributed by atoms with Gasteiger partial charge in [-0.3, -0.25) is 4.79 Å². The Morgan fingerprint density at radius 1 is 1.40 bits per heavy atom. The molecule has 6 nitrogen and oxygen atoms in total. The van der Waals surface area contributed by atoms with Crippen LogP contribution in [0.2, 0.25) is 0 Å². The Morgan fingerprint density at radius 2 is 2.25 bits per heavy atom. The van der Waals surface area contributed by atoms with Crippen molar-refractivity contribution < 1.29 is 14.3 Å². The summed E-state index contributed by atoms with van der Waals surface area (Å²) < 4.78 is 12.5. The molecule has 0 amide bonds. The lowest BCUT2D eigenvalue weighted by atomic mass is 10.2. The van der Waals surface area contributed by atoms with Crippen molar-refractivity contribution in [1.82, 2.24) is 14.8 Å². The Hall–Kier alpha value is -2.37. The summed E-state index contributed by atoms with van der Waals surface area (Å²) in [6.07, 6.45) is 3.22. The molecule has 0 saturated carbocycles. The van der Waals surface area contributed by atoms with Gasteiger partial charge in [-0.15, -0.1) is 0 Å². The summed E-state index contributed by atoms with van der Waals surface area (Å²) in [5, 5.41) is 4.12. The number of aryl methyl sites for hydroxylation is 1. The first-order valence-corrected chi connectivity index (χ1v) is 6.41. The zero-order chi connectivity index (χ0) is 14.4. The second-order valence-electron chi connectivity index (χ2n) is 4.21. The first kappa shape index (κ1) is 14.0. The maximum absolute atomic E-state index is 11.1. The van der Waals surface area contributed by atoms with E-state index in [2.05, 4.69) is 17.0 Å². The van der Waals surface area contributed by atoms with Gasteiger partial charge < -0.3 is 9.47 Å². The van der Waals surface area contributed by atoms with Crippen LogP contribution in [0.3, 0.4) is 0 Å². The summed E-state index contributed by atoms with van der Waals surface area (Å²) in [6, 6.07) is 5.10. The lowest BCUT2D eigenvalue weighted by Gasteiger charge is -2.10. The van der Waals surface area contributed by atoms with Crippen LogP contribution in [0.1, 0.15) is 29.5 Å². The van der Waals surface area contributed by atoms with Gasteiger partial charge in [-0.25, -0.2) is 9.67 Å². The number of rotatable bonds is 7. The van der Waals surface area contributed by atoms with Crippen LogP contribution < -0.4 is 9.47 Å². The average Bonchev–Trinajstić information content (AvgIpc) is 2.92. The van der Waals surface area contributed by atoms with E-state index in [0.29, 0.717) is 17.1 Å². The fourth-order valence-corrected chi connectivity index (χ4v) is 1.82. The van der Waals surface area contributed by atoms with Crippen LogP contribution in [0.15, 0.2) is 24.5 Å². The first-order chi connectivity index (χ1) is 9.78. The molecule has 6 heteroatoms. The van der Waals surface area contributed by atoms with Crippen LogP contribution in [0.5, 0.6) is 11.5 Å². The van der Waals surface area contributed by atoms with Gasteiger partial charge in [0.1, 0.15) is 24.4 Å². The predicted molar refractivity (Wildman–Crippen MR) is 73.0 cm³/mol. The van der Waals surface area contributed by atoms with Crippen molar-refractivity contribution in [1.29, 1.82) is 0 Å². The zero-order valence-corrected chi connectivity index (χ0v) is 11.6. The smallest absolute Gasteiger partial charge is 0.164 e. The average molecular weight is 275 g/mol. The normalized spacial score (nSPS) is 10.3. The third kappa shape index (κ3) is 3.14. The molecule has 0 unspecified atom stereocenters. The Labute approximate surface area is 117 Å². The Morgan fingerprint density at radius 3 is 2.95 bits per heavy atom. The number of nitrogens with zero attached hydrogens (tertiary/aromatic N) is 3. The zero-order valence-electron chi connectivity index (χ0n) is 11.6. The van der Waals surface area contributed by atoms with Crippen molar-refractivity contribution in [3.8, 4) is 11.5 Å². The molecule has 20 heavy (non-hydrogen) atoms. The molecule has 0 N–H and O–H groups in total.